The molecule has 0 saturated heterocycles. The van der Waals surface area contributed by atoms with Crippen LogP contribution in [0.25, 0.3) is 0 Å². The number of Topliss-reactive ketones (excluding diaryl/α,β-unsaturated/α-hetero) is 2. The van der Waals surface area contributed by atoms with E-state index in [2.05, 4.69) is 0 Å². The third kappa shape index (κ3) is 4.12. The molecule has 0 atom stereocenters. The van der Waals surface area contributed by atoms with Crippen molar-refractivity contribution < 1.29 is 27.5 Å². The third-order valence-corrected chi connectivity index (χ3v) is 4.34. The van der Waals surface area contributed by atoms with Crippen LogP contribution >= 0.6 is 0 Å². The minimum Gasteiger partial charge on any atom is -0.493 e. The van der Waals surface area contributed by atoms with Crippen molar-refractivity contribution in [3.8, 4) is 5.75 Å². The molecule has 3 rings (SSSR count). The molecule has 0 radical (unpaired) electrons. The molecule has 136 valence electrons. The summed E-state index contributed by atoms with van der Waals surface area (Å²) in [6, 6.07) is 9.27. The lowest BCUT2D eigenvalue weighted by atomic mass is 9.97. The van der Waals surface area contributed by atoms with Gasteiger partial charge in [0.1, 0.15) is 5.75 Å². The van der Waals surface area contributed by atoms with E-state index in [1.54, 1.807) is 18.2 Å². The minimum absolute atomic E-state index is 0.0134. The van der Waals surface area contributed by atoms with E-state index in [1.165, 1.54) is 0 Å². The van der Waals surface area contributed by atoms with Crippen LogP contribution in [0.1, 0.15) is 51.1 Å². The molecular formula is C20H17F3O3. The highest BCUT2D eigenvalue weighted by molar-refractivity contribution is 6.02. The molecule has 26 heavy (non-hydrogen) atoms. The summed E-state index contributed by atoms with van der Waals surface area (Å²) in [5.74, 6) is 0.264. The molecule has 2 aromatic carbocycles. The Labute approximate surface area is 148 Å². The van der Waals surface area contributed by atoms with Crippen LogP contribution in [0, 0.1) is 0 Å². The molecule has 1 heterocycles. The number of halogens is 3. The van der Waals surface area contributed by atoms with Gasteiger partial charge in [0, 0.05) is 24.0 Å². The van der Waals surface area contributed by atoms with Crippen molar-refractivity contribution in [3.63, 3.8) is 0 Å². The van der Waals surface area contributed by atoms with Crippen LogP contribution in [0.3, 0.4) is 0 Å². The van der Waals surface area contributed by atoms with Crippen LogP contribution in [0.15, 0.2) is 42.5 Å². The number of ether oxygens (including phenoxy) is 1. The molecule has 1 aliphatic heterocycles. The van der Waals surface area contributed by atoms with Gasteiger partial charge in [0.05, 0.1) is 12.2 Å². The molecule has 0 aromatic heterocycles. The summed E-state index contributed by atoms with van der Waals surface area (Å²) in [4.78, 5) is 24.4. The second-order valence-electron chi connectivity index (χ2n) is 6.20. The highest BCUT2D eigenvalue weighted by Crippen LogP contribution is 2.29. The molecule has 0 N–H and O–H groups in total. The van der Waals surface area contributed by atoms with Gasteiger partial charge in [-0.15, -0.1) is 0 Å². The van der Waals surface area contributed by atoms with Gasteiger partial charge in [0.2, 0.25) is 0 Å². The van der Waals surface area contributed by atoms with Crippen LogP contribution < -0.4 is 4.74 Å². The van der Waals surface area contributed by atoms with Crippen molar-refractivity contribution in [2.75, 3.05) is 6.61 Å². The van der Waals surface area contributed by atoms with Gasteiger partial charge < -0.3 is 4.74 Å². The first kappa shape index (κ1) is 18.2. The van der Waals surface area contributed by atoms with E-state index in [9.17, 15) is 22.8 Å². The Bertz CT molecular complexity index is 823. The predicted molar refractivity (Wildman–Crippen MR) is 89.6 cm³/mol. The zero-order chi connectivity index (χ0) is 18.7. The molecule has 0 unspecified atom stereocenters. The number of aryl methyl sites for hydroxylation is 1. The number of carbonyl (C=O) groups excluding carboxylic acids is 2. The molecule has 6 heteroatoms. The van der Waals surface area contributed by atoms with E-state index in [1.807, 2.05) is 0 Å². The number of rotatable bonds is 5. The number of hydrogen-bond donors (Lipinski definition) is 0. The van der Waals surface area contributed by atoms with E-state index >= 15 is 0 Å². The average molecular weight is 362 g/mol. The molecule has 0 spiro atoms. The maximum absolute atomic E-state index is 12.5. The fourth-order valence-electron chi connectivity index (χ4n) is 2.89. The molecule has 0 aliphatic carbocycles. The monoisotopic (exact) mass is 362 g/mol. The van der Waals surface area contributed by atoms with Crippen LogP contribution in [0.2, 0.25) is 0 Å². The topological polar surface area (TPSA) is 43.4 Å². The Balaban J connectivity index is 1.61. The normalized spacial score (nSPS) is 13.7. The van der Waals surface area contributed by atoms with Gasteiger partial charge in [-0.2, -0.15) is 13.2 Å². The van der Waals surface area contributed by atoms with Crippen molar-refractivity contribution in [1.29, 1.82) is 0 Å². The van der Waals surface area contributed by atoms with Crippen molar-refractivity contribution in [2.45, 2.75) is 31.9 Å². The number of alkyl halides is 3. The second kappa shape index (κ2) is 7.32. The SMILES string of the molecule is O=C(CCC(=O)c1ccc2c(c1)CCCO2)c1ccc(C(F)(F)F)cc1. The van der Waals surface area contributed by atoms with E-state index in [0.29, 0.717) is 12.2 Å². The Morgan fingerprint density at radius 2 is 1.54 bits per heavy atom. The minimum atomic E-state index is -4.44. The number of carbonyl (C=O) groups is 2. The van der Waals surface area contributed by atoms with Gasteiger partial charge in [-0.05, 0) is 48.7 Å². The fraction of sp³-hybridized carbons (Fsp3) is 0.300. The first-order valence-corrected chi connectivity index (χ1v) is 8.34. The predicted octanol–water partition coefficient (Wildman–Crippen LogP) is 4.88. The molecule has 3 nitrogen and oxygen atoms in total. The summed E-state index contributed by atoms with van der Waals surface area (Å²) in [5.41, 5.74) is 0.872. The third-order valence-electron chi connectivity index (χ3n) is 4.34. The standard InChI is InChI=1S/C20H17F3O3/c21-20(22,23)16-6-3-13(4-7-16)17(24)8-9-18(25)14-5-10-19-15(12-14)2-1-11-26-19/h3-7,10,12H,1-2,8-9,11H2. The Morgan fingerprint density at radius 1 is 0.923 bits per heavy atom. The number of fused-ring (bicyclic) bond motifs is 1. The summed E-state index contributed by atoms with van der Waals surface area (Å²) in [6.07, 6.45) is -2.72. The van der Waals surface area contributed by atoms with E-state index < -0.39 is 11.7 Å². The quantitative estimate of drug-likeness (QED) is 0.712. The van der Waals surface area contributed by atoms with Crippen molar-refractivity contribution in [2.24, 2.45) is 0 Å². The first-order valence-electron chi connectivity index (χ1n) is 8.34. The van der Waals surface area contributed by atoms with Crippen LogP contribution in [0.4, 0.5) is 13.2 Å². The molecule has 0 saturated carbocycles. The van der Waals surface area contributed by atoms with Crippen LogP contribution in [0.5, 0.6) is 5.75 Å². The lowest BCUT2D eigenvalue weighted by Crippen LogP contribution is -2.10. The number of hydrogen-bond acceptors (Lipinski definition) is 3. The smallest absolute Gasteiger partial charge is 0.416 e. The van der Waals surface area contributed by atoms with E-state index in [0.717, 1.165) is 48.4 Å². The van der Waals surface area contributed by atoms with Gasteiger partial charge in [0.15, 0.2) is 11.6 Å². The molecule has 0 amide bonds. The maximum Gasteiger partial charge on any atom is 0.416 e. The highest BCUT2D eigenvalue weighted by atomic mass is 19.4. The van der Waals surface area contributed by atoms with Gasteiger partial charge in [-0.3, -0.25) is 9.59 Å². The second-order valence-corrected chi connectivity index (χ2v) is 6.20. The lowest BCUT2D eigenvalue weighted by Gasteiger charge is -2.17. The van der Waals surface area contributed by atoms with E-state index in [-0.39, 0.29) is 30.0 Å². The largest absolute Gasteiger partial charge is 0.493 e. The molecular weight excluding hydrogens is 345 g/mol. The summed E-state index contributed by atoms with van der Waals surface area (Å²) >= 11 is 0. The van der Waals surface area contributed by atoms with Crippen molar-refractivity contribution in [1.82, 2.24) is 0 Å². The van der Waals surface area contributed by atoms with Crippen LogP contribution in [-0.4, -0.2) is 18.2 Å². The Hall–Kier alpha value is -2.63. The summed E-state index contributed by atoms with van der Waals surface area (Å²) in [6.45, 7) is 0.669. The fourth-order valence-corrected chi connectivity index (χ4v) is 2.89. The van der Waals surface area contributed by atoms with E-state index in [4.69, 9.17) is 4.74 Å². The summed E-state index contributed by atoms with van der Waals surface area (Å²) in [7, 11) is 0. The number of ketones is 2. The highest BCUT2D eigenvalue weighted by Gasteiger charge is 2.30. The maximum atomic E-state index is 12.5. The van der Waals surface area contributed by atoms with Gasteiger partial charge in [-0.25, -0.2) is 0 Å². The summed E-state index contributed by atoms with van der Waals surface area (Å²) in [5, 5.41) is 0. The first-order chi connectivity index (χ1) is 12.3. The van der Waals surface area contributed by atoms with Gasteiger partial charge in [0.25, 0.3) is 0 Å². The van der Waals surface area contributed by atoms with Crippen LogP contribution in [-0.2, 0) is 12.6 Å². The zero-order valence-electron chi connectivity index (χ0n) is 13.9. The number of benzene rings is 2. The molecule has 0 fully saturated rings. The average Bonchev–Trinajstić information content (AvgIpc) is 2.64. The molecule has 1 aliphatic rings. The Kier molecular flexibility index (Phi) is 5.11. The molecule has 2 aromatic rings. The van der Waals surface area contributed by atoms with Crippen molar-refractivity contribution >= 4 is 11.6 Å². The Morgan fingerprint density at radius 3 is 2.19 bits per heavy atom. The van der Waals surface area contributed by atoms with Gasteiger partial charge in [-0.1, -0.05) is 12.1 Å². The lowest BCUT2D eigenvalue weighted by molar-refractivity contribution is -0.137. The molecule has 0 bridgehead atoms. The summed E-state index contributed by atoms with van der Waals surface area (Å²) < 4.78 is 43.1. The van der Waals surface area contributed by atoms with Crippen molar-refractivity contribution in [3.05, 3.63) is 64.7 Å². The zero-order valence-corrected chi connectivity index (χ0v) is 13.9. The van der Waals surface area contributed by atoms with Gasteiger partial charge >= 0.3 is 6.18 Å².